The lowest BCUT2D eigenvalue weighted by molar-refractivity contribution is 0.0486. The lowest BCUT2D eigenvalue weighted by atomic mass is 9.87. The fraction of sp³-hybridized carbons (Fsp3) is 0.333. The number of H-pyrrole nitrogens is 1. The lowest BCUT2D eigenvalue weighted by Gasteiger charge is -2.41. The van der Waals surface area contributed by atoms with E-state index in [4.69, 9.17) is 9.26 Å². The van der Waals surface area contributed by atoms with Gasteiger partial charge in [0.25, 0.3) is 5.91 Å². The molecule has 1 aliphatic carbocycles. The van der Waals surface area contributed by atoms with Crippen LogP contribution in [-0.4, -0.2) is 38.9 Å². The molecule has 12 heteroatoms. The van der Waals surface area contributed by atoms with E-state index in [1.807, 2.05) is 39.8 Å². The van der Waals surface area contributed by atoms with Crippen molar-refractivity contribution >= 4 is 17.6 Å². The smallest absolute Gasteiger partial charge is 0.341 e. The van der Waals surface area contributed by atoms with Gasteiger partial charge in [0.15, 0.2) is 11.6 Å². The Bertz CT molecular complexity index is 1660. The Kier molecular flexibility index (Phi) is 6.71. The Morgan fingerprint density at radius 1 is 1.12 bits per heavy atom. The number of aromatic nitrogens is 3. The molecule has 3 amide bonds. The van der Waals surface area contributed by atoms with E-state index < -0.39 is 35.0 Å². The highest BCUT2D eigenvalue weighted by Gasteiger charge is 2.58. The zero-order valence-corrected chi connectivity index (χ0v) is 23.5. The normalized spacial score (nSPS) is 16.6. The summed E-state index contributed by atoms with van der Waals surface area (Å²) >= 11 is 0. The van der Waals surface area contributed by atoms with Crippen LogP contribution in [0.3, 0.4) is 0 Å². The number of benzene rings is 2. The number of fused-ring (bicyclic) bond motifs is 1. The molecule has 6 rings (SSSR count). The van der Waals surface area contributed by atoms with E-state index in [1.54, 1.807) is 12.1 Å². The van der Waals surface area contributed by atoms with Gasteiger partial charge >= 0.3 is 6.03 Å². The molecule has 1 atom stereocenters. The highest BCUT2D eigenvalue weighted by Crippen LogP contribution is 2.61. The number of carbonyl (C=O) groups excluding carboxylic acids is 2. The molecule has 2 aliphatic rings. The molecule has 1 spiro atoms. The Labute approximate surface area is 240 Å². The number of amides is 3. The fourth-order valence-electron chi connectivity index (χ4n) is 5.62. The topological polar surface area (TPSA) is 125 Å². The third-order valence-corrected chi connectivity index (χ3v) is 7.98. The van der Waals surface area contributed by atoms with Crippen LogP contribution in [0.1, 0.15) is 71.7 Å². The Morgan fingerprint density at radius 2 is 1.83 bits per heavy atom. The van der Waals surface area contributed by atoms with Crippen LogP contribution in [0.2, 0.25) is 0 Å². The van der Waals surface area contributed by atoms with Crippen molar-refractivity contribution in [3.63, 3.8) is 0 Å². The van der Waals surface area contributed by atoms with Gasteiger partial charge in [0, 0.05) is 34.0 Å². The number of aryl methyl sites for hydroxylation is 2. The van der Waals surface area contributed by atoms with Gasteiger partial charge in [0.2, 0.25) is 0 Å². The summed E-state index contributed by atoms with van der Waals surface area (Å²) in [7, 11) is 0. The van der Waals surface area contributed by atoms with Crippen LogP contribution in [-0.2, 0) is 0 Å². The highest BCUT2D eigenvalue weighted by atomic mass is 19.2. The van der Waals surface area contributed by atoms with Crippen molar-refractivity contribution < 1.29 is 27.6 Å². The average Bonchev–Trinajstić information content (AvgIpc) is 3.38. The first kappa shape index (κ1) is 27.4. The van der Waals surface area contributed by atoms with Crippen molar-refractivity contribution in [2.45, 2.75) is 52.5 Å². The molecule has 3 N–H and O–H groups in total. The van der Waals surface area contributed by atoms with Crippen molar-refractivity contribution in [2.24, 2.45) is 5.41 Å². The number of nitrogens with zero attached hydrogens (tertiary/aromatic N) is 3. The maximum atomic E-state index is 14.5. The van der Waals surface area contributed by atoms with Crippen LogP contribution >= 0.6 is 0 Å². The molecule has 3 heterocycles. The molecule has 42 heavy (non-hydrogen) atoms. The molecule has 1 saturated carbocycles. The molecule has 0 radical (unpaired) electrons. The highest BCUT2D eigenvalue weighted by molar-refractivity contribution is 5.98. The number of hydrogen-bond donors (Lipinski definition) is 3. The van der Waals surface area contributed by atoms with Crippen LogP contribution in [0.25, 0.3) is 11.1 Å². The number of nitrogens with one attached hydrogen (secondary N) is 3. The summed E-state index contributed by atoms with van der Waals surface area (Å²) in [6.07, 6.45) is 2.55. The van der Waals surface area contributed by atoms with Gasteiger partial charge in [-0.25, -0.2) is 18.6 Å². The number of hydrazine groups is 1. The van der Waals surface area contributed by atoms with Crippen LogP contribution in [0, 0.1) is 30.9 Å². The van der Waals surface area contributed by atoms with E-state index in [0.29, 0.717) is 24.2 Å². The first-order valence-electron chi connectivity index (χ1n) is 13.7. The Balaban J connectivity index is 1.36. The molecule has 1 unspecified atom stereocenters. The molecule has 1 fully saturated rings. The van der Waals surface area contributed by atoms with Gasteiger partial charge in [-0.2, -0.15) is 5.10 Å². The van der Waals surface area contributed by atoms with E-state index in [2.05, 4.69) is 26.1 Å². The van der Waals surface area contributed by atoms with Crippen molar-refractivity contribution in [1.29, 1.82) is 0 Å². The molecule has 1 aliphatic heterocycles. The van der Waals surface area contributed by atoms with Gasteiger partial charge in [0.1, 0.15) is 17.6 Å². The third kappa shape index (κ3) is 4.76. The average molecular weight is 577 g/mol. The molecular weight excluding hydrogens is 546 g/mol. The number of urea groups is 1. The first-order valence-corrected chi connectivity index (χ1v) is 13.7. The predicted octanol–water partition coefficient (Wildman–Crippen LogP) is 6.18. The molecule has 0 bridgehead atoms. The van der Waals surface area contributed by atoms with E-state index >= 15 is 0 Å². The minimum Gasteiger partial charge on any atom is -0.492 e. The van der Waals surface area contributed by atoms with Gasteiger partial charge in [0.05, 0.1) is 24.0 Å². The lowest BCUT2D eigenvalue weighted by Crippen LogP contribution is -2.54. The molecule has 10 nitrogen and oxygen atoms in total. The van der Waals surface area contributed by atoms with Gasteiger partial charge in [-0.3, -0.25) is 15.3 Å². The van der Waals surface area contributed by atoms with E-state index in [9.17, 15) is 18.4 Å². The summed E-state index contributed by atoms with van der Waals surface area (Å²) < 4.78 is 39.5. The van der Waals surface area contributed by atoms with E-state index in [1.165, 1.54) is 6.26 Å². The summed E-state index contributed by atoms with van der Waals surface area (Å²) in [6.45, 7) is 7.74. The second kappa shape index (κ2) is 10.3. The maximum absolute atomic E-state index is 14.5. The summed E-state index contributed by atoms with van der Waals surface area (Å²) in [5, 5.41) is 15.2. The molecule has 4 aromatic rings. The van der Waals surface area contributed by atoms with Crippen molar-refractivity contribution in [3.8, 4) is 16.9 Å². The quantitative estimate of drug-likeness (QED) is 0.244. The number of anilines is 1. The molecule has 218 valence electrons. The summed E-state index contributed by atoms with van der Waals surface area (Å²) in [6, 6.07) is 7.72. The summed E-state index contributed by atoms with van der Waals surface area (Å²) in [5.74, 6) is -2.76. The number of hydrogen-bond acceptors (Lipinski definition) is 6. The SMILES string of the molecule is Cc1n[nH]c(C)c1-c1ccc(NC(=O)N(NC(=O)c2conc2C(C)C)C2c3cc(F)c(F)cc3OCC23CC3)cc1. The number of carbonyl (C=O) groups is 2. The fourth-order valence-corrected chi connectivity index (χ4v) is 5.62. The van der Waals surface area contributed by atoms with Crippen LogP contribution < -0.4 is 15.5 Å². The minimum atomic E-state index is -1.08. The van der Waals surface area contributed by atoms with Crippen molar-refractivity contribution in [1.82, 2.24) is 25.8 Å². The van der Waals surface area contributed by atoms with Gasteiger partial charge in [-0.1, -0.05) is 31.1 Å². The summed E-state index contributed by atoms with van der Waals surface area (Å²) in [4.78, 5) is 27.5. The van der Waals surface area contributed by atoms with E-state index in [0.717, 1.165) is 39.7 Å². The predicted molar refractivity (Wildman–Crippen MR) is 149 cm³/mol. The van der Waals surface area contributed by atoms with Crippen molar-refractivity contribution in [2.75, 3.05) is 11.9 Å². The van der Waals surface area contributed by atoms with Crippen LogP contribution in [0.4, 0.5) is 19.3 Å². The van der Waals surface area contributed by atoms with E-state index in [-0.39, 0.29) is 29.4 Å². The standard InChI is InChI=1S/C30H30F2N6O4/c1-15(2)26-21(13-42-37-26)28(39)36-38(27-20-11-22(31)23(32)12-24(20)41-14-30(27)9-10-30)29(40)33-19-7-5-18(6-8-19)25-16(3)34-35-17(25)4/h5-8,11-13,15,27H,9-10,14H2,1-4H3,(H,33,40)(H,34,35)(H,36,39). The second-order valence-corrected chi connectivity index (χ2v) is 11.3. The monoisotopic (exact) mass is 576 g/mol. The van der Waals surface area contributed by atoms with Crippen LogP contribution in [0.15, 0.2) is 47.2 Å². The third-order valence-electron chi connectivity index (χ3n) is 7.98. The number of ether oxygens (including phenoxy) is 1. The minimum absolute atomic E-state index is 0.117. The molecule has 2 aromatic carbocycles. The molecule has 0 saturated heterocycles. The largest absolute Gasteiger partial charge is 0.492 e. The zero-order chi connectivity index (χ0) is 29.8. The number of rotatable bonds is 5. The Hall–Kier alpha value is -4.74. The first-order chi connectivity index (χ1) is 20.1. The van der Waals surface area contributed by atoms with Gasteiger partial charge in [-0.15, -0.1) is 0 Å². The second-order valence-electron chi connectivity index (χ2n) is 11.3. The van der Waals surface area contributed by atoms with Gasteiger partial charge < -0.3 is 14.6 Å². The zero-order valence-electron chi connectivity index (χ0n) is 23.5. The molecule has 2 aromatic heterocycles. The number of halogens is 2. The summed E-state index contributed by atoms with van der Waals surface area (Å²) in [5.41, 5.74) is 7.13. The molecular formula is C30H30F2N6O4. The van der Waals surface area contributed by atoms with Crippen molar-refractivity contribution in [3.05, 3.63) is 82.5 Å². The van der Waals surface area contributed by atoms with Crippen LogP contribution in [0.5, 0.6) is 5.75 Å². The van der Waals surface area contributed by atoms with Gasteiger partial charge in [-0.05, 0) is 56.4 Å². The number of aromatic amines is 1. The maximum Gasteiger partial charge on any atom is 0.341 e. The Morgan fingerprint density at radius 3 is 2.48 bits per heavy atom.